The van der Waals surface area contributed by atoms with Crippen LogP contribution in [0.5, 0.6) is 0 Å². The average molecular weight is 364 g/mol. The lowest BCUT2D eigenvalue weighted by atomic mass is 10.0. The highest BCUT2D eigenvalue weighted by atomic mass is 19.4. The molecule has 136 valence electrons. The van der Waals surface area contributed by atoms with Crippen molar-refractivity contribution in [1.29, 1.82) is 0 Å². The maximum absolute atomic E-state index is 13.0. The van der Waals surface area contributed by atoms with E-state index in [1.807, 2.05) is 11.8 Å². The summed E-state index contributed by atoms with van der Waals surface area (Å²) in [6.07, 6.45) is -3.03. The summed E-state index contributed by atoms with van der Waals surface area (Å²) in [5, 5.41) is 6.25. The molecule has 0 radical (unpaired) electrons. The van der Waals surface area contributed by atoms with E-state index >= 15 is 0 Å². The summed E-state index contributed by atoms with van der Waals surface area (Å²) in [5.41, 5.74) is 1.54. The molecule has 0 saturated heterocycles. The smallest absolute Gasteiger partial charge is 0.351 e. The summed E-state index contributed by atoms with van der Waals surface area (Å²) in [6.45, 7) is 4.45. The van der Waals surface area contributed by atoms with Crippen LogP contribution in [0.1, 0.15) is 28.1 Å². The number of H-pyrrole nitrogens is 1. The summed E-state index contributed by atoms with van der Waals surface area (Å²) >= 11 is 0. The number of nitrogens with zero attached hydrogens (tertiary/aromatic N) is 5. The van der Waals surface area contributed by atoms with E-state index in [2.05, 4.69) is 20.2 Å². The first-order valence-electron chi connectivity index (χ1n) is 8.00. The lowest BCUT2D eigenvalue weighted by Crippen LogP contribution is -2.33. The van der Waals surface area contributed by atoms with Crippen molar-refractivity contribution in [2.75, 3.05) is 11.4 Å². The second-order valence-corrected chi connectivity index (χ2v) is 6.31. The Labute approximate surface area is 145 Å². The topological polar surface area (TPSA) is 79.2 Å². The van der Waals surface area contributed by atoms with Gasteiger partial charge in [-0.3, -0.25) is 4.98 Å². The SMILES string of the molecule is Cc1c(N2CCc3ncc(C(F)(F)F)cc3C2)nc2n[nH]c(=O)n2c1C. The van der Waals surface area contributed by atoms with Crippen molar-refractivity contribution in [3.63, 3.8) is 0 Å². The summed E-state index contributed by atoms with van der Waals surface area (Å²) < 4.78 is 40.3. The number of nitrogens with one attached hydrogen (secondary N) is 1. The first kappa shape index (κ1) is 16.6. The van der Waals surface area contributed by atoms with Crippen LogP contribution in [0.3, 0.4) is 0 Å². The number of pyridine rings is 1. The molecular formula is C16H15F3N6O. The van der Waals surface area contributed by atoms with E-state index in [0.717, 1.165) is 17.8 Å². The minimum Gasteiger partial charge on any atom is -0.351 e. The van der Waals surface area contributed by atoms with Crippen LogP contribution in [0.25, 0.3) is 5.78 Å². The van der Waals surface area contributed by atoms with Crippen molar-refractivity contribution < 1.29 is 13.2 Å². The van der Waals surface area contributed by atoms with Gasteiger partial charge in [0.15, 0.2) is 0 Å². The normalized spacial score (nSPS) is 14.7. The molecule has 0 aromatic carbocycles. The van der Waals surface area contributed by atoms with Crippen LogP contribution in [0.2, 0.25) is 0 Å². The van der Waals surface area contributed by atoms with Crippen LogP contribution >= 0.6 is 0 Å². The van der Waals surface area contributed by atoms with Crippen LogP contribution < -0.4 is 10.6 Å². The molecule has 7 nitrogen and oxygen atoms in total. The van der Waals surface area contributed by atoms with E-state index in [9.17, 15) is 18.0 Å². The predicted octanol–water partition coefficient (Wildman–Crippen LogP) is 2.01. The summed E-state index contributed by atoms with van der Waals surface area (Å²) in [5.74, 6) is 0.845. The van der Waals surface area contributed by atoms with E-state index in [0.29, 0.717) is 35.7 Å². The van der Waals surface area contributed by atoms with Crippen molar-refractivity contribution in [2.24, 2.45) is 0 Å². The molecule has 26 heavy (non-hydrogen) atoms. The average Bonchev–Trinajstić information content (AvgIpc) is 2.97. The molecule has 10 heteroatoms. The Hall–Kier alpha value is -2.91. The Kier molecular flexibility index (Phi) is 3.53. The van der Waals surface area contributed by atoms with Gasteiger partial charge in [0, 0.05) is 42.7 Å². The minimum absolute atomic E-state index is 0.237. The third-order valence-electron chi connectivity index (χ3n) is 4.74. The van der Waals surface area contributed by atoms with Gasteiger partial charge in [-0.15, -0.1) is 5.10 Å². The molecule has 1 aliphatic rings. The highest BCUT2D eigenvalue weighted by Crippen LogP contribution is 2.32. The molecule has 1 aliphatic heterocycles. The van der Waals surface area contributed by atoms with Gasteiger partial charge < -0.3 is 4.90 Å². The predicted molar refractivity (Wildman–Crippen MR) is 87.1 cm³/mol. The monoisotopic (exact) mass is 364 g/mol. The van der Waals surface area contributed by atoms with Crippen molar-refractivity contribution >= 4 is 11.6 Å². The highest BCUT2D eigenvalue weighted by Gasteiger charge is 2.32. The van der Waals surface area contributed by atoms with Gasteiger partial charge in [-0.2, -0.15) is 18.2 Å². The number of aryl methyl sites for hydroxylation is 1. The molecule has 4 heterocycles. The molecule has 0 atom stereocenters. The quantitative estimate of drug-likeness (QED) is 0.715. The molecule has 0 saturated carbocycles. The van der Waals surface area contributed by atoms with Crippen LogP contribution in [-0.4, -0.2) is 31.1 Å². The zero-order valence-electron chi connectivity index (χ0n) is 14.1. The number of hydrogen-bond donors (Lipinski definition) is 1. The van der Waals surface area contributed by atoms with Gasteiger partial charge in [-0.1, -0.05) is 0 Å². The van der Waals surface area contributed by atoms with Crippen molar-refractivity contribution in [3.8, 4) is 0 Å². The molecule has 0 spiro atoms. The number of fused-ring (bicyclic) bond motifs is 2. The molecule has 0 bridgehead atoms. The number of alkyl halides is 3. The van der Waals surface area contributed by atoms with Crippen LogP contribution in [-0.2, 0) is 19.1 Å². The zero-order chi connectivity index (χ0) is 18.6. The van der Waals surface area contributed by atoms with Crippen molar-refractivity contribution in [3.05, 3.63) is 50.8 Å². The van der Waals surface area contributed by atoms with Gasteiger partial charge in [-0.25, -0.2) is 14.3 Å². The third-order valence-corrected chi connectivity index (χ3v) is 4.74. The van der Waals surface area contributed by atoms with E-state index in [-0.39, 0.29) is 18.0 Å². The lowest BCUT2D eigenvalue weighted by molar-refractivity contribution is -0.137. The number of halogens is 3. The fraction of sp³-hybridized carbons (Fsp3) is 0.375. The van der Waals surface area contributed by atoms with E-state index in [1.165, 1.54) is 4.40 Å². The van der Waals surface area contributed by atoms with Gasteiger partial charge in [0.2, 0.25) is 0 Å². The van der Waals surface area contributed by atoms with Crippen LogP contribution in [0.4, 0.5) is 19.0 Å². The standard InChI is InChI=1S/C16H15F3N6O/c1-8-9(2)25-14(22-23-15(25)26)21-13(8)24-4-3-12-10(7-24)5-11(6-20-12)16(17,18)19/h5-6H,3-4,7H2,1-2H3,(H,23,26). The Morgan fingerprint density at radius 3 is 2.77 bits per heavy atom. The van der Waals surface area contributed by atoms with Gasteiger partial charge >= 0.3 is 11.9 Å². The minimum atomic E-state index is -4.43. The molecule has 1 N–H and O–H groups in total. The number of rotatable bonds is 1. The van der Waals surface area contributed by atoms with Crippen molar-refractivity contribution in [2.45, 2.75) is 33.0 Å². The second-order valence-electron chi connectivity index (χ2n) is 6.31. The molecule has 0 unspecified atom stereocenters. The van der Waals surface area contributed by atoms with E-state index < -0.39 is 11.7 Å². The highest BCUT2D eigenvalue weighted by molar-refractivity contribution is 5.54. The Balaban J connectivity index is 1.76. The molecular weight excluding hydrogens is 349 g/mol. The lowest BCUT2D eigenvalue weighted by Gasteiger charge is -2.31. The summed E-state index contributed by atoms with van der Waals surface area (Å²) in [4.78, 5) is 22.1. The molecule has 0 fully saturated rings. The van der Waals surface area contributed by atoms with Crippen LogP contribution in [0.15, 0.2) is 17.1 Å². The number of anilines is 1. The van der Waals surface area contributed by atoms with Crippen LogP contribution in [0, 0.1) is 13.8 Å². The van der Waals surface area contributed by atoms with Crippen molar-refractivity contribution in [1.82, 2.24) is 24.6 Å². The molecule has 4 rings (SSSR count). The van der Waals surface area contributed by atoms with E-state index in [4.69, 9.17) is 0 Å². The van der Waals surface area contributed by atoms with Gasteiger partial charge in [0.25, 0.3) is 5.78 Å². The first-order valence-corrected chi connectivity index (χ1v) is 8.00. The maximum Gasteiger partial charge on any atom is 0.417 e. The fourth-order valence-electron chi connectivity index (χ4n) is 3.24. The Bertz CT molecular complexity index is 1070. The Morgan fingerprint density at radius 1 is 1.27 bits per heavy atom. The fourth-order valence-corrected chi connectivity index (χ4v) is 3.24. The van der Waals surface area contributed by atoms with Gasteiger partial charge in [0.05, 0.1) is 5.56 Å². The maximum atomic E-state index is 13.0. The third kappa shape index (κ3) is 2.52. The molecule has 3 aromatic rings. The number of aromatic nitrogens is 5. The molecule has 0 amide bonds. The molecule has 0 aliphatic carbocycles. The number of hydrogen-bond acceptors (Lipinski definition) is 5. The van der Waals surface area contributed by atoms with E-state index in [1.54, 1.807) is 6.92 Å². The summed E-state index contributed by atoms with van der Waals surface area (Å²) in [7, 11) is 0. The number of aromatic amines is 1. The van der Waals surface area contributed by atoms with Gasteiger partial charge in [0.1, 0.15) is 5.82 Å². The molecule has 3 aromatic heterocycles. The Morgan fingerprint density at radius 2 is 2.04 bits per heavy atom. The largest absolute Gasteiger partial charge is 0.417 e. The van der Waals surface area contributed by atoms with Gasteiger partial charge in [-0.05, 0) is 25.5 Å². The zero-order valence-corrected chi connectivity index (χ0v) is 14.1. The summed E-state index contributed by atoms with van der Waals surface area (Å²) in [6, 6.07) is 1.15. The first-order chi connectivity index (χ1) is 12.3. The second kappa shape index (κ2) is 5.55.